The molecule has 0 amide bonds. The van der Waals surface area contributed by atoms with E-state index in [0.717, 1.165) is 12.0 Å². The van der Waals surface area contributed by atoms with Crippen LogP contribution in [-0.2, 0) is 0 Å². The first-order valence-corrected chi connectivity index (χ1v) is 5.04. The Labute approximate surface area is 76.5 Å². The van der Waals surface area contributed by atoms with Crippen molar-refractivity contribution in [3.8, 4) is 0 Å². The lowest BCUT2D eigenvalue weighted by Crippen LogP contribution is -2.33. The second-order valence-electron chi connectivity index (χ2n) is 4.18. The minimum Gasteiger partial charge on any atom is -0.309 e. The zero-order chi connectivity index (χ0) is 9.14. The van der Waals surface area contributed by atoms with Gasteiger partial charge in [0.25, 0.3) is 0 Å². The lowest BCUT2D eigenvalue weighted by atomic mass is 10.0. The van der Waals surface area contributed by atoms with E-state index in [9.17, 15) is 0 Å². The molecule has 1 fully saturated rings. The maximum atomic E-state index is 2.58. The van der Waals surface area contributed by atoms with Gasteiger partial charge in [-0.05, 0) is 46.4 Å². The second kappa shape index (κ2) is 4.24. The van der Waals surface area contributed by atoms with Crippen LogP contribution >= 0.6 is 0 Å². The number of hydrogen-bond acceptors (Lipinski definition) is 2. The molecule has 2 unspecified atom stereocenters. The van der Waals surface area contributed by atoms with Crippen LogP contribution in [0.15, 0.2) is 0 Å². The molecule has 0 spiro atoms. The fourth-order valence-corrected chi connectivity index (χ4v) is 2.23. The average molecular weight is 170 g/mol. The van der Waals surface area contributed by atoms with Crippen molar-refractivity contribution >= 4 is 0 Å². The molecule has 2 nitrogen and oxygen atoms in total. The molecule has 2 atom stereocenters. The summed E-state index contributed by atoms with van der Waals surface area (Å²) in [5.41, 5.74) is 0. The lowest BCUT2D eigenvalue weighted by molar-refractivity contribution is 0.226. The molecule has 2 heteroatoms. The summed E-state index contributed by atoms with van der Waals surface area (Å²) in [6.07, 6.45) is 1.38. The number of hydrogen-bond donors (Lipinski definition) is 0. The quantitative estimate of drug-likeness (QED) is 0.629. The molecule has 1 heterocycles. The van der Waals surface area contributed by atoms with Crippen LogP contribution in [0, 0.1) is 5.92 Å². The summed E-state index contributed by atoms with van der Waals surface area (Å²) in [6, 6.07) is 0.789. The highest BCUT2D eigenvalue weighted by molar-refractivity contribution is 4.84. The van der Waals surface area contributed by atoms with Gasteiger partial charge in [-0.2, -0.15) is 0 Å². The Morgan fingerprint density at radius 3 is 2.50 bits per heavy atom. The van der Waals surface area contributed by atoms with Gasteiger partial charge in [0.05, 0.1) is 0 Å². The highest BCUT2D eigenvalue weighted by Gasteiger charge is 2.29. The summed E-state index contributed by atoms with van der Waals surface area (Å²) in [5, 5.41) is 0. The van der Waals surface area contributed by atoms with Gasteiger partial charge in [0.2, 0.25) is 0 Å². The first kappa shape index (κ1) is 10.0. The molecular weight excluding hydrogens is 148 g/mol. The fourth-order valence-electron chi connectivity index (χ4n) is 2.23. The maximum absolute atomic E-state index is 2.58. The van der Waals surface area contributed by atoms with E-state index in [-0.39, 0.29) is 0 Å². The van der Waals surface area contributed by atoms with Crippen LogP contribution in [0.3, 0.4) is 0 Å². The third-order valence-electron chi connectivity index (χ3n) is 3.05. The van der Waals surface area contributed by atoms with E-state index in [1.807, 2.05) is 0 Å². The Hall–Kier alpha value is -0.0800. The minimum atomic E-state index is 0.789. The second-order valence-corrected chi connectivity index (χ2v) is 4.18. The van der Waals surface area contributed by atoms with E-state index in [1.165, 1.54) is 26.1 Å². The van der Waals surface area contributed by atoms with Gasteiger partial charge in [-0.3, -0.25) is 0 Å². The third-order valence-corrected chi connectivity index (χ3v) is 3.05. The first-order chi connectivity index (χ1) is 5.65. The SMILES string of the molecule is CCN1CCC(CN(C)C)C1C. The highest BCUT2D eigenvalue weighted by Crippen LogP contribution is 2.23. The fraction of sp³-hybridized carbons (Fsp3) is 1.00. The van der Waals surface area contributed by atoms with Crippen molar-refractivity contribution in [2.75, 3.05) is 33.7 Å². The molecule has 0 aromatic carbocycles. The molecule has 0 aromatic rings. The Morgan fingerprint density at radius 1 is 1.42 bits per heavy atom. The zero-order valence-corrected chi connectivity index (χ0v) is 8.88. The van der Waals surface area contributed by atoms with Crippen molar-refractivity contribution in [1.29, 1.82) is 0 Å². The molecule has 1 saturated heterocycles. The van der Waals surface area contributed by atoms with Gasteiger partial charge in [0, 0.05) is 12.6 Å². The maximum Gasteiger partial charge on any atom is 0.0108 e. The van der Waals surface area contributed by atoms with Crippen molar-refractivity contribution in [3.05, 3.63) is 0 Å². The van der Waals surface area contributed by atoms with Crippen molar-refractivity contribution < 1.29 is 0 Å². The van der Waals surface area contributed by atoms with E-state index in [4.69, 9.17) is 0 Å². The Bertz CT molecular complexity index is 134. The summed E-state index contributed by atoms with van der Waals surface area (Å²) in [4.78, 5) is 4.88. The predicted octanol–water partition coefficient (Wildman–Crippen LogP) is 1.28. The summed E-state index contributed by atoms with van der Waals surface area (Å²) < 4.78 is 0. The molecule has 0 N–H and O–H groups in total. The first-order valence-electron chi connectivity index (χ1n) is 5.04. The number of rotatable bonds is 3. The van der Waals surface area contributed by atoms with Gasteiger partial charge in [0.15, 0.2) is 0 Å². The van der Waals surface area contributed by atoms with Gasteiger partial charge in [-0.1, -0.05) is 6.92 Å². The summed E-state index contributed by atoms with van der Waals surface area (Å²) in [5.74, 6) is 0.889. The van der Waals surface area contributed by atoms with E-state index < -0.39 is 0 Å². The van der Waals surface area contributed by atoms with Crippen LogP contribution in [-0.4, -0.2) is 49.6 Å². The minimum absolute atomic E-state index is 0.789. The van der Waals surface area contributed by atoms with Gasteiger partial charge >= 0.3 is 0 Å². The van der Waals surface area contributed by atoms with Gasteiger partial charge in [0.1, 0.15) is 0 Å². The van der Waals surface area contributed by atoms with Gasteiger partial charge in [-0.15, -0.1) is 0 Å². The normalized spacial score (nSPS) is 31.8. The van der Waals surface area contributed by atoms with Crippen LogP contribution in [0.2, 0.25) is 0 Å². The molecule has 0 bridgehead atoms. The van der Waals surface area contributed by atoms with Crippen molar-refractivity contribution in [2.24, 2.45) is 5.92 Å². The van der Waals surface area contributed by atoms with Crippen molar-refractivity contribution in [1.82, 2.24) is 9.80 Å². The van der Waals surface area contributed by atoms with Crippen LogP contribution in [0.25, 0.3) is 0 Å². The summed E-state index contributed by atoms with van der Waals surface area (Å²) >= 11 is 0. The highest BCUT2D eigenvalue weighted by atomic mass is 15.2. The van der Waals surface area contributed by atoms with Crippen LogP contribution in [0.4, 0.5) is 0 Å². The third kappa shape index (κ3) is 2.20. The lowest BCUT2D eigenvalue weighted by Gasteiger charge is -2.24. The zero-order valence-electron chi connectivity index (χ0n) is 8.88. The molecule has 0 radical (unpaired) electrons. The van der Waals surface area contributed by atoms with E-state index in [2.05, 4.69) is 37.7 Å². The average Bonchev–Trinajstić information content (AvgIpc) is 2.32. The number of likely N-dealkylation sites (tertiary alicyclic amines) is 1. The molecule has 0 aliphatic carbocycles. The summed E-state index contributed by atoms with van der Waals surface area (Å²) in [6.45, 7) is 8.39. The molecule has 72 valence electrons. The van der Waals surface area contributed by atoms with Crippen molar-refractivity contribution in [2.45, 2.75) is 26.3 Å². The molecule has 12 heavy (non-hydrogen) atoms. The topological polar surface area (TPSA) is 6.48 Å². The Morgan fingerprint density at radius 2 is 2.08 bits per heavy atom. The molecular formula is C10H22N2. The standard InChI is InChI=1S/C10H22N2/c1-5-12-7-6-10(9(12)2)8-11(3)4/h9-10H,5-8H2,1-4H3. The Kier molecular flexibility index (Phi) is 3.53. The van der Waals surface area contributed by atoms with Crippen LogP contribution < -0.4 is 0 Å². The van der Waals surface area contributed by atoms with Crippen LogP contribution in [0.5, 0.6) is 0 Å². The van der Waals surface area contributed by atoms with Crippen molar-refractivity contribution in [3.63, 3.8) is 0 Å². The monoisotopic (exact) mass is 170 g/mol. The molecule has 0 aromatic heterocycles. The molecule has 1 rings (SSSR count). The molecule has 0 saturated carbocycles. The van der Waals surface area contributed by atoms with E-state index in [1.54, 1.807) is 0 Å². The van der Waals surface area contributed by atoms with E-state index in [0.29, 0.717) is 0 Å². The summed E-state index contributed by atoms with van der Waals surface area (Å²) in [7, 11) is 4.34. The van der Waals surface area contributed by atoms with Crippen LogP contribution in [0.1, 0.15) is 20.3 Å². The molecule has 1 aliphatic rings. The smallest absolute Gasteiger partial charge is 0.0108 e. The Balaban J connectivity index is 2.38. The largest absolute Gasteiger partial charge is 0.309 e. The van der Waals surface area contributed by atoms with E-state index >= 15 is 0 Å². The predicted molar refractivity (Wildman–Crippen MR) is 53.4 cm³/mol. The number of nitrogens with zero attached hydrogens (tertiary/aromatic N) is 2. The van der Waals surface area contributed by atoms with Gasteiger partial charge in [-0.25, -0.2) is 0 Å². The molecule has 1 aliphatic heterocycles. The van der Waals surface area contributed by atoms with Gasteiger partial charge < -0.3 is 9.80 Å².